The van der Waals surface area contributed by atoms with Gasteiger partial charge in [-0.25, -0.2) is 15.0 Å². The van der Waals surface area contributed by atoms with Crippen LogP contribution in [0.25, 0.3) is 17.2 Å². The van der Waals surface area contributed by atoms with Crippen molar-refractivity contribution < 1.29 is 13.2 Å². The van der Waals surface area contributed by atoms with E-state index in [2.05, 4.69) is 25.3 Å². The fourth-order valence-electron chi connectivity index (χ4n) is 3.23. The van der Waals surface area contributed by atoms with Gasteiger partial charge < -0.3 is 5.32 Å². The van der Waals surface area contributed by atoms with E-state index in [9.17, 15) is 13.2 Å². The van der Waals surface area contributed by atoms with Crippen LogP contribution in [0.15, 0.2) is 55.1 Å². The van der Waals surface area contributed by atoms with E-state index in [0.29, 0.717) is 28.9 Å². The van der Waals surface area contributed by atoms with Gasteiger partial charge in [-0.05, 0) is 43.2 Å². The number of nitrogens with one attached hydrogen (secondary N) is 1. The van der Waals surface area contributed by atoms with Gasteiger partial charge >= 0.3 is 6.18 Å². The molecule has 146 valence electrons. The molecular weight excluding hydrogens is 381 g/mol. The molecule has 0 bridgehead atoms. The van der Waals surface area contributed by atoms with E-state index in [-0.39, 0.29) is 0 Å². The Morgan fingerprint density at radius 3 is 2.55 bits per heavy atom. The van der Waals surface area contributed by atoms with Crippen LogP contribution >= 0.6 is 0 Å². The lowest BCUT2D eigenvalue weighted by atomic mass is 10.2. The molecule has 5 rings (SSSR count). The van der Waals surface area contributed by atoms with E-state index < -0.39 is 11.7 Å². The standard InChI is InChI=1S/C20H15F3N6/c21-20(22,23)13-4-6-14(7-5-13)26-16-11-24-10-15(27-16)18-17(12-2-3-12)28-19-25-8-1-9-29(18)19/h1,4-12H,2-3H2,(H,26,27). The normalized spacial score (nSPS) is 14.3. The first-order chi connectivity index (χ1) is 14.0. The third-order valence-electron chi connectivity index (χ3n) is 4.76. The van der Waals surface area contributed by atoms with Gasteiger partial charge in [0.1, 0.15) is 11.5 Å². The number of halogens is 3. The highest BCUT2D eigenvalue weighted by Crippen LogP contribution is 2.43. The molecule has 3 heterocycles. The van der Waals surface area contributed by atoms with Crippen LogP contribution in [0, 0.1) is 0 Å². The lowest BCUT2D eigenvalue weighted by molar-refractivity contribution is -0.137. The smallest absolute Gasteiger partial charge is 0.339 e. The number of imidazole rings is 1. The highest BCUT2D eigenvalue weighted by atomic mass is 19.4. The fourth-order valence-corrected chi connectivity index (χ4v) is 3.23. The monoisotopic (exact) mass is 396 g/mol. The molecule has 0 atom stereocenters. The fraction of sp³-hybridized carbons (Fsp3) is 0.200. The molecule has 0 unspecified atom stereocenters. The van der Waals surface area contributed by atoms with Crippen LogP contribution in [-0.2, 0) is 6.18 Å². The Morgan fingerprint density at radius 2 is 1.83 bits per heavy atom. The van der Waals surface area contributed by atoms with E-state index in [1.54, 1.807) is 12.4 Å². The Balaban J connectivity index is 1.50. The topological polar surface area (TPSA) is 68.0 Å². The number of hydrogen-bond donors (Lipinski definition) is 1. The van der Waals surface area contributed by atoms with Crippen molar-refractivity contribution >= 4 is 17.3 Å². The van der Waals surface area contributed by atoms with E-state index in [1.807, 2.05) is 16.7 Å². The molecule has 0 spiro atoms. The number of nitrogens with zero attached hydrogens (tertiary/aromatic N) is 5. The van der Waals surface area contributed by atoms with E-state index in [0.717, 1.165) is 36.4 Å². The van der Waals surface area contributed by atoms with Crippen molar-refractivity contribution in [1.82, 2.24) is 24.3 Å². The maximum Gasteiger partial charge on any atom is 0.416 e. The summed E-state index contributed by atoms with van der Waals surface area (Å²) in [4.78, 5) is 17.8. The molecule has 1 aliphatic rings. The number of alkyl halides is 3. The summed E-state index contributed by atoms with van der Waals surface area (Å²) in [5.41, 5.74) is 2.22. The molecule has 0 saturated heterocycles. The molecule has 4 aromatic rings. The maximum absolute atomic E-state index is 12.7. The zero-order valence-corrected chi connectivity index (χ0v) is 15.1. The summed E-state index contributed by atoms with van der Waals surface area (Å²) in [6, 6.07) is 6.62. The second-order valence-corrected chi connectivity index (χ2v) is 6.90. The molecule has 1 aromatic carbocycles. The Morgan fingerprint density at radius 1 is 1.03 bits per heavy atom. The van der Waals surface area contributed by atoms with Crippen LogP contribution in [0.2, 0.25) is 0 Å². The van der Waals surface area contributed by atoms with Crippen molar-refractivity contribution in [2.45, 2.75) is 24.9 Å². The first-order valence-electron chi connectivity index (χ1n) is 9.09. The van der Waals surface area contributed by atoms with Crippen molar-refractivity contribution in [3.63, 3.8) is 0 Å². The minimum absolute atomic E-state index is 0.389. The third-order valence-corrected chi connectivity index (χ3v) is 4.76. The molecule has 1 saturated carbocycles. The number of benzene rings is 1. The second-order valence-electron chi connectivity index (χ2n) is 6.90. The van der Waals surface area contributed by atoms with Gasteiger partial charge in [-0.3, -0.25) is 9.38 Å². The van der Waals surface area contributed by atoms with Gasteiger partial charge in [0, 0.05) is 24.0 Å². The lowest BCUT2D eigenvalue weighted by Gasteiger charge is -2.10. The van der Waals surface area contributed by atoms with Gasteiger partial charge in [-0.15, -0.1) is 0 Å². The van der Waals surface area contributed by atoms with Gasteiger partial charge in [0.05, 0.1) is 29.3 Å². The number of rotatable bonds is 4. The van der Waals surface area contributed by atoms with E-state index in [4.69, 9.17) is 0 Å². The predicted molar refractivity (Wildman–Crippen MR) is 101 cm³/mol. The Kier molecular flexibility index (Phi) is 3.97. The molecule has 6 nitrogen and oxygen atoms in total. The molecule has 1 aliphatic carbocycles. The highest BCUT2D eigenvalue weighted by molar-refractivity contribution is 5.66. The van der Waals surface area contributed by atoms with E-state index >= 15 is 0 Å². The first kappa shape index (κ1) is 17.6. The molecule has 0 aliphatic heterocycles. The number of anilines is 2. The summed E-state index contributed by atoms with van der Waals surface area (Å²) in [7, 11) is 0. The molecule has 1 N–H and O–H groups in total. The summed E-state index contributed by atoms with van der Waals surface area (Å²) >= 11 is 0. The van der Waals surface area contributed by atoms with Crippen molar-refractivity contribution in [1.29, 1.82) is 0 Å². The average Bonchev–Trinajstić information content (AvgIpc) is 3.48. The summed E-state index contributed by atoms with van der Waals surface area (Å²) in [5, 5.41) is 3.01. The van der Waals surface area contributed by atoms with Crippen molar-refractivity contribution in [2.24, 2.45) is 0 Å². The average molecular weight is 396 g/mol. The van der Waals surface area contributed by atoms with Crippen LogP contribution in [0.3, 0.4) is 0 Å². The van der Waals surface area contributed by atoms with E-state index in [1.165, 1.54) is 18.3 Å². The first-order valence-corrected chi connectivity index (χ1v) is 9.09. The van der Waals surface area contributed by atoms with Crippen molar-refractivity contribution in [2.75, 3.05) is 5.32 Å². The predicted octanol–water partition coefficient (Wildman–Crippen LogP) is 4.83. The third kappa shape index (κ3) is 3.39. The summed E-state index contributed by atoms with van der Waals surface area (Å²) in [5.74, 6) is 1.43. The van der Waals surface area contributed by atoms with Gasteiger partial charge in [0.25, 0.3) is 0 Å². The maximum atomic E-state index is 12.7. The largest absolute Gasteiger partial charge is 0.416 e. The molecule has 29 heavy (non-hydrogen) atoms. The molecular formula is C20H15F3N6. The Hall–Kier alpha value is -3.49. The molecule has 9 heteroatoms. The van der Waals surface area contributed by atoms with Gasteiger partial charge in [0.15, 0.2) is 0 Å². The number of fused-ring (bicyclic) bond motifs is 1. The molecule has 1 fully saturated rings. The van der Waals surface area contributed by atoms with Crippen molar-refractivity contribution in [3.05, 3.63) is 66.4 Å². The summed E-state index contributed by atoms with van der Waals surface area (Å²) in [6.07, 6.45) is 4.54. The van der Waals surface area contributed by atoms with Gasteiger partial charge in [-0.1, -0.05) is 0 Å². The van der Waals surface area contributed by atoms with Crippen LogP contribution < -0.4 is 5.32 Å². The number of aromatic nitrogens is 5. The molecule has 0 amide bonds. The minimum Gasteiger partial charge on any atom is -0.339 e. The minimum atomic E-state index is -4.37. The molecule has 0 radical (unpaired) electrons. The lowest BCUT2D eigenvalue weighted by Crippen LogP contribution is -2.04. The zero-order valence-electron chi connectivity index (χ0n) is 15.1. The number of hydrogen-bond acceptors (Lipinski definition) is 5. The Labute approximate surface area is 163 Å². The quantitative estimate of drug-likeness (QED) is 0.535. The molecule has 3 aromatic heterocycles. The van der Waals surface area contributed by atoms with Crippen LogP contribution in [0.4, 0.5) is 24.7 Å². The second kappa shape index (κ2) is 6.54. The van der Waals surface area contributed by atoms with Crippen molar-refractivity contribution in [3.8, 4) is 11.4 Å². The Bertz CT molecular complexity index is 1180. The van der Waals surface area contributed by atoms with Crippen LogP contribution in [0.5, 0.6) is 0 Å². The summed E-state index contributed by atoms with van der Waals surface area (Å²) < 4.78 is 40.1. The van der Waals surface area contributed by atoms with Crippen LogP contribution in [0.1, 0.15) is 30.0 Å². The highest BCUT2D eigenvalue weighted by Gasteiger charge is 2.32. The van der Waals surface area contributed by atoms with Gasteiger partial charge in [-0.2, -0.15) is 13.2 Å². The SMILES string of the molecule is FC(F)(F)c1ccc(Nc2cncc(-c3c(C4CC4)nc4ncccn34)n2)cc1. The van der Waals surface area contributed by atoms with Crippen LogP contribution in [-0.4, -0.2) is 24.3 Å². The summed E-state index contributed by atoms with van der Waals surface area (Å²) in [6.45, 7) is 0. The van der Waals surface area contributed by atoms with Gasteiger partial charge in [0.2, 0.25) is 5.78 Å². The zero-order chi connectivity index (χ0) is 20.0.